The molecule has 0 radical (unpaired) electrons. The van der Waals surface area contributed by atoms with Gasteiger partial charge in [-0.2, -0.15) is 0 Å². The number of rotatable bonds is 9. The molecule has 2 aromatic rings. The van der Waals surface area contributed by atoms with Crippen LogP contribution >= 0.6 is 0 Å². The molecule has 7 nitrogen and oxygen atoms in total. The lowest BCUT2D eigenvalue weighted by molar-refractivity contribution is -0.308. The molecule has 0 spiro atoms. The summed E-state index contributed by atoms with van der Waals surface area (Å²) in [5.74, 6) is -0.0853. The van der Waals surface area contributed by atoms with E-state index in [-0.39, 0.29) is 6.42 Å². The van der Waals surface area contributed by atoms with Crippen molar-refractivity contribution >= 4 is 12.0 Å². The Morgan fingerprint density at radius 3 is 2.33 bits per heavy atom. The summed E-state index contributed by atoms with van der Waals surface area (Å²) in [4.78, 5) is 23.3. The smallest absolute Gasteiger partial charge is 0.315 e. The number of hydrogen-bond donors (Lipinski definition) is 2. The molecule has 0 aliphatic carbocycles. The van der Waals surface area contributed by atoms with E-state index in [0.29, 0.717) is 24.5 Å². The van der Waals surface area contributed by atoms with Crippen molar-refractivity contribution in [3.05, 3.63) is 59.7 Å². The molecule has 1 atom stereocenters. The summed E-state index contributed by atoms with van der Waals surface area (Å²) in [6.07, 6.45) is 0.717. The average Bonchev–Trinajstić information content (AvgIpc) is 2.68. The number of carbonyl (C=O) groups is 2. The maximum Gasteiger partial charge on any atom is 0.315 e. The molecule has 0 aliphatic rings. The number of ether oxygens (including phenoxy) is 2. The Kier molecular flexibility index (Phi) is 7.49. The lowest BCUT2D eigenvalue weighted by Gasteiger charge is -2.20. The molecule has 27 heavy (non-hydrogen) atoms. The van der Waals surface area contributed by atoms with E-state index in [4.69, 9.17) is 9.47 Å². The fourth-order valence-corrected chi connectivity index (χ4v) is 2.61. The van der Waals surface area contributed by atoms with Gasteiger partial charge in [-0.3, -0.25) is 0 Å². The zero-order valence-corrected chi connectivity index (χ0v) is 15.4. The summed E-state index contributed by atoms with van der Waals surface area (Å²) in [5.41, 5.74) is 1.76. The molecule has 2 amide bonds. The monoisotopic (exact) mass is 371 g/mol. The van der Waals surface area contributed by atoms with Gasteiger partial charge in [-0.15, -0.1) is 0 Å². The highest BCUT2D eigenvalue weighted by molar-refractivity contribution is 5.81. The summed E-state index contributed by atoms with van der Waals surface area (Å²) in [6.45, 7) is 0.340. The summed E-state index contributed by atoms with van der Waals surface area (Å²) in [7, 11) is 3.12. The van der Waals surface area contributed by atoms with E-state index < -0.39 is 18.0 Å². The number of carbonyl (C=O) groups excluding carboxylic acids is 2. The second kappa shape index (κ2) is 10.1. The normalized spacial score (nSPS) is 11.3. The van der Waals surface area contributed by atoms with E-state index in [1.54, 1.807) is 32.4 Å². The molecular weight excluding hydrogens is 348 g/mol. The molecule has 0 aliphatic heterocycles. The van der Waals surface area contributed by atoms with Gasteiger partial charge in [-0.25, -0.2) is 4.79 Å². The SMILES string of the molecule is COc1ccc(CCNC(=O)N[C@@H](Cc2ccccc2)C(=O)[O-])cc1OC. The Labute approximate surface area is 158 Å². The molecule has 144 valence electrons. The van der Waals surface area contributed by atoms with E-state index in [1.807, 2.05) is 30.3 Å². The van der Waals surface area contributed by atoms with Gasteiger partial charge in [0.05, 0.1) is 26.2 Å². The first kappa shape index (κ1) is 20.1. The fraction of sp³-hybridized carbons (Fsp3) is 0.300. The predicted molar refractivity (Wildman–Crippen MR) is 98.7 cm³/mol. The Bertz CT molecular complexity index is 764. The fourth-order valence-electron chi connectivity index (χ4n) is 2.61. The van der Waals surface area contributed by atoms with Crippen LogP contribution < -0.4 is 25.2 Å². The molecule has 0 bridgehead atoms. The Morgan fingerprint density at radius 1 is 1.00 bits per heavy atom. The number of hydrogen-bond acceptors (Lipinski definition) is 5. The number of urea groups is 1. The van der Waals surface area contributed by atoms with E-state index in [0.717, 1.165) is 11.1 Å². The maximum atomic E-state index is 12.0. The molecule has 2 aromatic carbocycles. The van der Waals surface area contributed by atoms with Crippen LogP contribution in [0.4, 0.5) is 4.79 Å². The van der Waals surface area contributed by atoms with Crippen LogP contribution in [-0.4, -0.2) is 38.8 Å². The molecular formula is C20H23N2O5-. The molecule has 2 N–H and O–H groups in total. The van der Waals surface area contributed by atoms with Crippen molar-refractivity contribution in [3.8, 4) is 11.5 Å². The minimum Gasteiger partial charge on any atom is -0.548 e. The van der Waals surface area contributed by atoms with Crippen molar-refractivity contribution < 1.29 is 24.2 Å². The zero-order chi connectivity index (χ0) is 19.6. The third-order valence-corrected chi connectivity index (χ3v) is 4.02. The Balaban J connectivity index is 1.84. The van der Waals surface area contributed by atoms with Gasteiger partial charge in [0.15, 0.2) is 11.5 Å². The zero-order valence-electron chi connectivity index (χ0n) is 15.4. The summed E-state index contributed by atoms with van der Waals surface area (Å²) < 4.78 is 10.4. The maximum absolute atomic E-state index is 12.0. The topological polar surface area (TPSA) is 99.7 Å². The van der Waals surface area contributed by atoms with Gasteiger partial charge in [-0.1, -0.05) is 36.4 Å². The minimum absolute atomic E-state index is 0.159. The van der Waals surface area contributed by atoms with Crippen molar-refractivity contribution in [2.75, 3.05) is 20.8 Å². The molecule has 0 saturated heterocycles. The van der Waals surface area contributed by atoms with Gasteiger partial charge in [0, 0.05) is 6.54 Å². The second-order valence-electron chi connectivity index (χ2n) is 5.90. The van der Waals surface area contributed by atoms with Crippen LogP contribution in [0.3, 0.4) is 0 Å². The number of aliphatic carboxylic acids is 1. The molecule has 0 saturated carbocycles. The quantitative estimate of drug-likeness (QED) is 0.682. The summed E-state index contributed by atoms with van der Waals surface area (Å²) >= 11 is 0. The van der Waals surface area contributed by atoms with Crippen molar-refractivity contribution in [1.29, 1.82) is 0 Å². The van der Waals surface area contributed by atoms with Crippen LogP contribution in [0.2, 0.25) is 0 Å². The van der Waals surface area contributed by atoms with Crippen molar-refractivity contribution in [2.24, 2.45) is 0 Å². The first-order chi connectivity index (χ1) is 13.0. The van der Waals surface area contributed by atoms with Crippen LogP contribution in [0.5, 0.6) is 11.5 Å². The molecule has 7 heteroatoms. The van der Waals surface area contributed by atoms with Crippen LogP contribution in [0, 0.1) is 0 Å². The van der Waals surface area contributed by atoms with Crippen LogP contribution in [0.1, 0.15) is 11.1 Å². The predicted octanol–water partition coefficient (Wildman–Crippen LogP) is 0.907. The highest BCUT2D eigenvalue weighted by Gasteiger charge is 2.14. The van der Waals surface area contributed by atoms with Crippen molar-refractivity contribution in [2.45, 2.75) is 18.9 Å². The van der Waals surface area contributed by atoms with Crippen LogP contribution in [0.15, 0.2) is 48.5 Å². The lowest BCUT2D eigenvalue weighted by atomic mass is 10.1. The highest BCUT2D eigenvalue weighted by atomic mass is 16.5. The largest absolute Gasteiger partial charge is 0.548 e. The van der Waals surface area contributed by atoms with Gasteiger partial charge >= 0.3 is 6.03 Å². The second-order valence-corrected chi connectivity index (χ2v) is 5.90. The van der Waals surface area contributed by atoms with Crippen LogP contribution in [0.25, 0.3) is 0 Å². The van der Waals surface area contributed by atoms with Gasteiger partial charge in [0.2, 0.25) is 0 Å². The van der Waals surface area contributed by atoms with Gasteiger partial charge < -0.3 is 30.0 Å². The molecule has 0 fully saturated rings. The molecule has 0 unspecified atom stereocenters. The molecule has 0 aromatic heterocycles. The van der Waals surface area contributed by atoms with E-state index in [1.165, 1.54) is 0 Å². The van der Waals surface area contributed by atoms with E-state index in [9.17, 15) is 14.7 Å². The number of nitrogens with one attached hydrogen (secondary N) is 2. The van der Waals surface area contributed by atoms with Crippen molar-refractivity contribution in [3.63, 3.8) is 0 Å². The Morgan fingerprint density at radius 2 is 1.70 bits per heavy atom. The van der Waals surface area contributed by atoms with Crippen LogP contribution in [-0.2, 0) is 17.6 Å². The Hall–Kier alpha value is -3.22. The summed E-state index contributed by atoms with van der Waals surface area (Å²) in [5, 5.41) is 16.4. The third kappa shape index (κ3) is 6.22. The number of methoxy groups -OCH3 is 2. The molecule has 0 heterocycles. The van der Waals surface area contributed by atoms with Gasteiger partial charge in [0.25, 0.3) is 0 Å². The highest BCUT2D eigenvalue weighted by Crippen LogP contribution is 2.27. The van der Waals surface area contributed by atoms with Crippen molar-refractivity contribution in [1.82, 2.24) is 10.6 Å². The number of benzene rings is 2. The standard InChI is InChI=1S/C20H24N2O5/c1-26-17-9-8-15(13-18(17)27-2)10-11-21-20(25)22-16(19(23)24)12-14-6-4-3-5-7-14/h3-9,13,16H,10-12H2,1-2H3,(H,23,24)(H2,21,22,25)/p-1/t16-/m0/s1. The molecule has 2 rings (SSSR count). The average molecular weight is 371 g/mol. The number of amides is 2. The van der Waals surface area contributed by atoms with E-state index >= 15 is 0 Å². The van der Waals surface area contributed by atoms with E-state index in [2.05, 4.69) is 10.6 Å². The minimum atomic E-state index is -1.33. The summed E-state index contributed by atoms with van der Waals surface area (Å²) in [6, 6.07) is 12.9. The van der Waals surface area contributed by atoms with Gasteiger partial charge in [-0.05, 0) is 36.1 Å². The lowest BCUT2D eigenvalue weighted by Crippen LogP contribution is -2.52. The first-order valence-corrected chi connectivity index (χ1v) is 8.53. The number of carboxylic acid groups (broad SMARTS) is 1. The first-order valence-electron chi connectivity index (χ1n) is 8.53. The number of carboxylic acids is 1. The van der Waals surface area contributed by atoms with Gasteiger partial charge in [0.1, 0.15) is 0 Å². The third-order valence-electron chi connectivity index (χ3n) is 4.02.